The summed E-state index contributed by atoms with van der Waals surface area (Å²) in [5, 5.41) is 2.89. The molecule has 0 radical (unpaired) electrons. The smallest absolute Gasteiger partial charge is 0.246 e. The third-order valence-electron chi connectivity index (χ3n) is 10.0. The van der Waals surface area contributed by atoms with Crippen molar-refractivity contribution in [1.82, 2.24) is 20.2 Å². The highest BCUT2D eigenvalue weighted by Crippen LogP contribution is 2.44. The lowest BCUT2D eigenvalue weighted by atomic mass is 9.82. The molecule has 258 valence electrons. The minimum Gasteiger partial charge on any atom is -0.344 e. The fraction of sp³-hybridized carbons (Fsp3) is 0.714. The number of Topliss-reactive ketones (excluding diaryl/α,β-unsaturated/α-hetero) is 4. The molecule has 3 fully saturated rings. The van der Waals surface area contributed by atoms with Gasteiger partial charge in [-0.1, -0.05) is 41.0 Å². The number of alkyl halides is 2. The van der Waals surface area contributed by atoms with Crippen LogP contribution >= 0.6 is 0 Å². The molecule has 2 saturated carbocycles. The van der Waals surface area contributed by atoms with Crippen LogP contribution < -0.4 is 5.32 Å². The number of halogens is 2. The van der Waals surface area contributed by atoms with Crippen molar-refractivity contribution in [2.75, 3.05) is 6.54 Å². The first-order valence-corrected chi connectivity index (χ1v) is 16.9. The number of fused-ring (bicyclic) bond motifs is 1. The average Bonchev–Trinajstić information content (AvgIpc) is 3.57. The molecule has 1 saturated heterocycles. The number of hydrogen-bond acceptors (Lipinski definition) is 8. The summed E-state index contributed by atoms with van der Waals surface area (Å²) in [7, 11) is 0. The molecule has 3 aliphatic rings. The summed E-state index contributed by atoms with van der Waals surface area (Å²) in [6.07, 6.45) is 3.72. The van der Waals surface area contributed by atoms with Gasteiger partial charge >= 0.3 is 0 Å². The summed E-state index contributed by atoms with van der Waals surface area (Å²) in [5.41, 5.74) is -0.657. The summed E-state index contributed by atoms with van der Waals surface area (Å²) >= 11 is 0. The molecule has 1 N–H and O–H groups in total. The molecule has 12 heteroatoms. The van der Waals surface area contributed by atoms with Crippen molar-refractivity contribution >= 4 is 34.9 Å². The van der Waals surface area contributed by atoms with Crippen LogP contribution in [0.15, 0.2) is 18.6 Å². The number of aromatic nitrogens is 2. The Kier molecular flexibility index (Phi) is 11.8. The predicted molar refractivity (Wildman–Crippen MR) is 168 cm³/mol. The van der Waals surface area contributed by atoms with Gasteiger partial charge in [0.1, 0.15) is 11.7 Å². The number of hydrogen-bond donors (Lipinski definition) is 1. The SMILES string of the molecule is CC(C)[C@@H](CC(=O)c1cnccn1)C(=O)N[C@H](C(=O)N1C[C@@H]2CCC[C@@H]2[C@H]1C(=O)CC(CC(F)F)C(=O)C(=O)CC1CC1)C(C)(C)C. The fourth-order valence-corrected chi connectivity index (χ4v) is 7.16. The van der Waals surface area contributed by atoms with Crippen molar-refractivity contribution in [2.45, 2.75) is 111 Å². The second-order valence-corrected chi connectivity index (χ2v) is 15.1. The summed E-state index contributed by atoms with van der Waals surface area (Å²) < 4.78 is 27.2. The topological polar surface area (TPSA) is 143 Å². The van der Waals surface area contributed by atoms with Crippen molar-refractivity contribution < 1.29 is 37.5 Å². The van der Waals surface area contributed by atoms with Gasteiger partial charge in [-0.3, -0.25) is 33.8 Å². The molecule has 1 aromatic heterocycles. The van der Waals surface area contributed by atoms with E-state index in [0.717, 1.165) is 25.7 Å². The maximum atomic E-state index is 14.4. The lowest BCUT2D eigenvalue weighted by Crippen LogP contribution is -2.58. The first-order chi connectivity index (χ1) is 22.1. The zero-order valence-corrected chi connectivity index (χ0v) is 28.0. The lowest BCUT2D eigenvalue weighted by Gasteiger charge is -2.37. The van der Waals surface area contributed by atoms with Crippen LogP contribution in [0.4, 0.5) is 8.78 Å². The zero-order valence-electron chi connectivity index (χ0n) is 28.0. The minimum atomic E-state index is -2.87. The summed E-state index contributed by atoms with van der Waals surface area (Å²) in [4.78, 5) is 90.0. The second-order valence-electron chi connectivity index (χ2n) is 15.1. The van der Waals surface area contributed by atoms with Gasteiger partial charge in [0.25, 0.3) is 0 Å². The molecule has 0 bridgehead atoms. The molecule has 6 atom stereocenters. The summed E-state index contributed by atoms with van der Waals surface area (Å²) in [5.74, 6) is -5.98. The molecule has 2 aliphatic carbocycles. The zero-order chi connectivity index (χ0) is 34.6. The summed E-state index contributed by atoms with van der Waals surface area (Å²) in [6.45, 7) is 9.27. The van der Waals surface area contributed by atoms with Crippen LogP contribution in [0.3, 0.4) is 0 Å². The number of carbonyl (C=O) groups excluding carboxylic acids is 6. The van der Waals surface area contributed by atoms with Gasteiger partial charge in [0, 0.05) is 56.5 Å². The number of rotatable bonds is 16. The normalized spacial score (nSPS) is 22.9. The number of ketones is 4. The van der Waals surface area contributed by atoms with Crippen LogP contribution in [0, 0.1) is 40.9 Å². The van der Waals surface area contributed by atoms with E-state index in [-0.39, 0.29) is 54.5 Å². The third kappa shape index (κ3) is 9.13. The fourth-order valence-electron chi connectivity index (χ4n) is 7.16. The van der Waals surface area contributed by atoms with Gasteiger partial charge in [0.2, 0.25) is 24.0 Å². The van der Waals surface area contributed by atoms with E-state index in [1.54, 1.807) is 20.8 Å². The van der Waals surface area contributed by atoms with E-state index >= 15 is 0 Å². The Labute approximate surface area is 275 Å². The number of carbonyl (C=O) groups is 6. The maximum Gasteiger partial charge on any atom is 0.246 e. The highest BCUT2D eigenvalue weighted by atomic mass is 19.3. The number of nitrogens with zero attached hydrogens (tertiary/aromatic N) is 3. The van der Waals surface area contributed by atoms with Crippen LogP contribution in [-0.4, -0.2) is 74.9 Å². The lowest BCUT2D eigenvalue weighted by molar-refractivity contribution is -0.146. The van der Waals surface area contributed by atoms with Crippen molar-refractivity contribution in [3.63, 3.8) is 0 Å². The van der Waals surface area contributed by atoms with Crippen LogP contribution in [0.2, 0.25) is 0 Å². The Balaban J connectivity index is 1.54. The van der Waals surface area contributed by atoms with Crippen LogP contribution in [0.5, 0.6) is 0 Å². The van der Waals surface area contributed by atoms with E-state index in [1.807, 2.05) is 13.8 Å². The Morgan fingerprint density at radius 1 is 1.00 bits per heavy atom. The Morgan fingerprint density at radius 3 is 2.28 bits per heavy atom. The first-order valence-electron chi connectivity index (χ1n) is 16.9. The molecule has 2 amide bonds. The van der Waals surface area contributed by atoms with Crippen molar-refractivity contribution in [3.05, 3.63) is 24.3 Å². The Bertz CT molecular complexity index is 1340. The van der Waals surface area contributed by atoms with Crippen molar-refractivity contribution in [1.29, 1.82) is 0 Å². The Hall–Kier alpha value is -3.44. The van der Waals surface area contributed by atoms with E-state index in [2.05, 4.69) is 15.3 Å². The largest absolute Gasteiger partial charge is 0.344 e. The van der Waals surface area contributed by atoms with E-state index in [9.17, 15) is 37.5 Å². The molecule has 1 unspecified atom stereocenters. The van der Waals surface area contributed by atoms with Gasteiger partial charge in [-0.2, -0.15) is 0 Å². The van der Waals surface area contributed by atoms with Crippen LogP contribution in [-0.2, 0) is 24.0 Å². The van der Waals surface area contributed by atoms with Gasteiger partial charge in [-0.05, 0) is 54.8 Å². The average molecular weight is 659 g/mol. The molecular formula is C35H48F2N4O6. The number of nitrogens with one attached hydrogen (secondary N) is 1. The van der Waals surface area contributed by atoms with Gasteiger partial charge in [-0.15, -0.1) is 0 Å². The molecule has 1 aliphatic heterocycles. The molecule has 0 spiro atoms. The van der Waals surface area contributed by atoms with Crippen LogP contribution in [0.25, 0.3) is 0 Å². The van der Waals surface area contributed by atoms with Gasteiger partial charge in [0.05, 0.1) is 12.2 Å². The quantitative estimate of drug-likeness (QED) is 0.200. The highest BCUT2D eigenvalue weighted by molar-refractivity contribution is 6.38. The molecule has 0 aromatic carbocycles. The standard InChI is InChI=1S/C35H48F2N4O6/c1-19(2)24(16-26(42)25-17-38-11-12-39-25)33(46)40-32(35(3,4)5)34(47)41-18-21-7-6-8-23(21)30(41)27(43)14-22(15-29(36)37)31(45)28(44)13-20-9-10-20/h11-12,17,19-24,29-30,32H,6-10,13-16,18H2,1-5H3,(H,40,46)/t21-,22?,23-,24+,30-,32+/m0/s1. The molecule has 2 heterocycles. The Morgan fingerprint density at radius 2 is 1.70 bits per heavy atom. The van der Waals surface area contributed by atoms with Crippen molar-refractivity contribution in [3.8, 4) is 0 Å². The van der Waals surface area contributed by atoms with Gasteiger partial charge in [-0.25, -0.2) is 13.8 Å². The van der Waals surface area contributed by atoms with Crippen molar-refractivity contribution in [2.24, 2.45) is 40.9 Å². The highest BCUT2D eigenvalue weighted by Gasteiger charge is 2.52. The van der Waals surface area contributed by atoms with Crippen LogP contribution in [0.1, 0.15) is 103 Å². The maximum absolute atomic E-state index is 14.4. The molecular weight excluding hydrogens is 610 g/mol. The van der Waals surface area contributed by atoms with E-state index in [1.165, 1.54) is 23.5 Å². The van der Waals surface area contributed by atoms with E-state index in [4.69, 9.17) is 0 Å². The first kappa shape index (κ1) is 36.4. The third-order valence-corrected chi connectivity index (χ3v) is 10.0. The molecule has 47 heavy (non-hydrogen) atoms. The monoisotopic (exact) mass is 658 g/mol. The second kappa shape index (κ2) is 15.2. The minimum absolute atomic E-state index is 0.0141. The van der Waals surface area contributed by atoms with Gasteiger partial charge < -0.3 is 10.2 Å². The van der Waals surface area contributed by atoms with E-state index < -0.39 is 77.8 Å². The number of likely N-dealkylation sites (tertiary alicyclic amines) is 1. The predicted octanol–water partition coefficient (Wildman–Crippen LogP) is 4.65. The number of amides is 2. The molecule has 4 rings (SSSR count). The molecule has 10 nitrogen and oxygen atoms in total. The summed E-state index contributed by atoms with van der Waals surface area (Å²) in [6, 6.07) is -2.00. The van der Waals surface area contributed by atoms with Gasteiger partial charge in [0.15, 0.2) is 17.3 Å². The molecule has 1 aromatic rings. The van der Waals surface area contributed by atoms with E-state index in [0.29, 0.717) is 6.42 Å².